The van der Waals surface area contributed by atoms with Gasteiger partial charge in [0.15, 0.2) is 0 Å². The summed E-state index contributed by atoms with van der Waals surface area (Å²) < 4.78 is 1.19. The van der Waals surface area contributed by atoms with Crippen molar-refractivity contribution in [1.29, 1.82) is 0 Å². The maximum Gasteiger partial charge on any atom is 0.0178 e. The standard InChI is InChI=1S/C13H18BrN/c1-13(2,15)11-5-3-10-8-12(14)6-4-9(10)7-11/h4,6,8,11H,3,5,7,15H2,1-2H3. The van der Waals surface area contributed by atoms with Crippen molar-refractivity contribution in [2.24, 2.45) is 11.7 Å². The van der Waals surface area contributed by atoms with E-state index in [9.17, 15) is 0 Å². The highest BCUT2D eigenvalue weighted by atomic mass is 79.9. The number of rotatable bonds is 1. The molecular weight excluding hydrogens is 250 g/mol. The highest BCUT2D eigenvalue weighted by Gasteiger charge is 2.28. The quantitative estimate of drug-likeness (QED) is 0.831. The van der Waals surface area contributed by atoms with E-state index in [-0.39, 0.29) is 5.54 Å². The van der Waals surface area contributed by atoms with Crippen LogP contribution in [-0.2, 0) is 12.8 Å². The number of nitrogens with two attached hydrogens (primary N) is 1. The number of hydrogen-bond donors (Lipinski definition) is 1. The lowest BCUT2D eigenvalue weighted by atomic mass is 9.75. The second-order valence-corrected chi connectivity index (χ2v) is 6.09. The van der Waals surface area contributed by atoms with E-state index in [1.165, 1.54) is 28.4 Å². The molecule has 0 radical (unpaired) electrons. The topological polar surface area (TPSA) is 26.0 Å². The minimum atomic E-state index is -0.0508. The molecule has 2 heteroatoms. The van der Waals surface area contributed by atoms with Gasteiger partial charge in [0.05, 0.1) is 0 Å². The lowest BCUT2D eigenvalue weighted by molar-refractivity contribution is 0.288. The maximum atomic E-state index is 6.19. The number of benzene rings is 1. The molecule has 0 amide bonds. The van der Waals surface area contributed by atoms with Crippen molar-refractivity contribution in [1.82, 2.24) is 0 Å². The largest absolute Gasteiger partial charge is 0.325 e. The minimum absolute atomic E-state index is 0.0508. The number of hydrogen-bond acceptors (Lipinski definition) is 1. The van der Waals surface area contributed by atoms with Crippen molar-refractivity contribution < 1.29 is 0 Å². The molecule has 0 aliphatic heterocycles. The molecule has 0 aromatic heterocycles. The second kappa shape index (κ2) is 3.91. The smallest absolute Gasteiger partial charge is 0.0178 e. The average molecular weight is 268 g/mol. The molecule has 0 bridgehead atoms. The fourth-order valence-corrected chi connectivity index (χ4v) is 2.77. The predicted molar refractivity (Wildman–Crippen MR) is 67.9 cm³/mol. The second-order valence-electron chi connectivity index (χ2n) is 5.17. The predicted octanol–water partition coefficient (Wildman–Crippen LogP) is 3.29. The minimum Gasteiger partial charge on any atom is -0.325 e. The van der Waals surface area contributed by atoms with E-state index in [0.29, 0.717) is 5.92 Å². The summed E-state index contributed by atoms with van der Waals surface area (Å²) in [5, 5.41) is 0. The van der Waals surface area contributed by atoms with Gasteiger partial charge in [-0.25, -0.2) is 0 Å². The van der Waals surface area contributed by atoms with E-state index in [1.54, 1.807) is 0 Å². The third-order valence-electron chi connectivity index (χ3n) is 3.45. The van der Waals surface area contributed by atoms with Crippen molar-refractivity contribution in [3.8, 4) is 0 Å². The Balaban J connectivity index is 2.24. The van der Waals surface area contributed by atoms with Crippen LogP contribution in [0.4, 0.5) is 0 Å². The van der Waals surface area contributed by atoms with Gasteiger partial charge in [0, 0.05) is 10.0 Å². The van der Waals surface area contributed by atoms with Crippen LogP contribution in [0.2, 0.25) is 0 Å². The Morgan fingerprint density at radius 3 is 2.73 bits per heavy atom. The molecular formula is C13H18BrN. The first kappa shape index (κ1) is 11.2. The first-order valence-corrected chi connectivity index (χ1v) is 6.32. The molecule has 82 valence electrons. The van der Waals surface area contributed by atoms with Crippen molar-refractivity contribution in [3.05, 3.63) is 33.8 Å². The molecule has 1 aliphatic carbocycles. The van der Waals surface area contributed by atoms with Gasteiger partial charge >= 0.3 is 0 Å². The Labute approximate surface area is 100 Å². The summed E-state index contributed by atoms with van der Waals surface area (Å²) >= 11 is 3.52. The Kier molecular flexibility index (Phi) is 2.91. The summed E-state index contributed by atoms with van der Waals surface area (Å²) in [5.41, 5.74) is 9.11. The number of fused-ring (bicyclic) bond motifs is 1. The summed E-state index contributed by atoms with van der Waals surface area (Å²) in [5.74, 6) is 0.617. The molecule has 0 saturated carbocycles. The SMILES string of the molecule is CC(C)(N)C1CCc2cc(Br)ccc2C1. The van der Waals surface area contributed by atoms with E-state index in [1.807, 2.05) is 0 Å². The van der Waals surface area contributed by atoms with E-state index < -0.39 is 0 Å². The summed E-state index contributed by atoms with van der Waals surface area (Å²) in [6.45, 7) is 4.28. The van der Waals surface area contributed by atoms with E-state index in [2.05, 4.69) is 48.0 Å². The van der Waals surface area contributed by atoms with Gasteiger partial charge in [0.25, 0.3) is 0 Å². The van der Waals surface area contributed by atoms with Crippen molar-refractivity contribution in [3.63, 3.8) is 0 Å². The summed E-state index contributed by atoms with van der Waals surface area (Å²) in [6.07, 6.45) is 3.51. The van der Waals surface area contributed by atoms with Gasteiger partial charge in [-0.2, -0.15) is 0 Å². The van der Waals surface area contributed by atoms with Gasteiger partial charge in [-0.1, -0.05) is 22.0 Å². The Morgan fingerprint density at radius 1 is 1.33 bits per heavy atom. The van der Waals surface area contributed by atoms with Crippen molar-refractivity contribution in [2.75, 3.05) is 0 Å². The van der Waals surface area contributed by atoms with Crippen LogP contribution in [0.3, 0.4) is 0 Å². The molecule has 2 N–H and O–H groups in total. The van der Waals surface area contributed by atoms with Crippen LogP contribution in [0.1, 0.15) is 31.4 Å². The Bertz CT molecular complexity index is 365. The van der Waals surface area contributed by atoms with Crippen LogP contribution in [0.5, 0.6) is 0 Å². The third kappa shape index (κ3) is 2.43. The molecule has 0 fully saturated rings. The van der Waals surface area contributed by atoms with Gasteiger partial charge in [-0.3, -0.25) is 0 Å². The van der Waals surface area contributed by atoms with Gasteiger partial charge in [-0.05, 0) is 62.3 Å². The molecule has 1 aromatic rings. The van der Waals surface area contributed by atoms with Crippen LogP contribution in [-0.4, -0.2) is 5.54 Å². The fraction of sp³-hybridized carbons (Fsp3) is 0.538. The molecule has 0 heterocycles. The van der Waals surface area contributed by atoms with Gasteiger partial charge in [-0.15, -0.1) is 0 Å². The lowest BCUT2D eigenvalue weighted by Crippen LogP contribution is -2.43. The van der Waals surface area contributed by atoms with Crippen molar-refractivity contribution >= 4 is 15.9 Å². The number of halogens is 1. The van der Waals surface area contributed by atoms with Crippen LogP contribution in [0.15, 0.2) is 22.7 Å². The zero-order valence-corrected chi connectivity index (χ0v) is 11.0. The van der Waals surface area contributed by atoms with Gasteiger partial charge in [0.1, 0.15) is 0 Å². The maximum absolute atomic E-state index is 6.19. The molecule has 15 heavy (non-hydrogen) atoms. The number of aryl methyl sites for hydroxylation is 1. The van der Waals surface area contributed by atoms with Crippen LogP contribution >= 0.6 is 15.9 Å². The molecule has 1 unspecified atom stereocenters. The van der Waals surface area contributed by atoms with Crippen LogP contribution in [0, 0.1) is 5.92 Å². The van der Waals surface area contributed by atoms with E-state index >= 15 is 0 Å². The first-order valence-electron chi connectivity index (χ1n) is 5.53. The molecule has 1 nitrogen and oxygen atoms in total. The monoisotopic (exact) mass is 267 g/mol. The highest BCUT2D eigenvalue weighted by Crippen LogP contribution is 2.32. The van der Waals surface area contributed by atoms with Gasteiger partial charge in [0.2, 0.25) is 0 Å². The normalized spacial score (nSPS) is 21.2. The Morgan fingerprint density at radius 2 is 2.07 bits per heavy atom. The first-order chi connectivity index (χ1) is 6.97. The Hall–Kier alpha value is -0.340. The zero-order valence-electron chi connectivity index (χ0n) is 9.39. The molecule has 1 aromatic carbocycles. The van der Waals surface area contributed by atoms with Crippen molar-refractivity contribution in [2.45, 2.75) is 38.6 Å². The fourth-order valence-electron chi connectivity index (χ4n) is 2.36. The third-order valence-corrected chi connectivity index (χ3v) is 3.94. The molecule has 0 spiro atoms. The van der Waals surface area contributed by atoms with E-state index in [4.69, 9.17) is 5.73 Å². The van der Waals surface area contributed by atoms with E-state index in [0.717, 1.165) is 6.42 Å². The zero-order chi connectivity index (χ0) is 11.1. The molecule has 1 atom stereocenters. The molecule has 1 aliphatic rings. The van der Waals surface area contributed by atoms with Crippen LogP contribution < -0.4 is 5.73 Å². The molecule has 0 saturated heterocycles. The van der Waals surface area contributed by atoms with Crippen LogP contribution in [0.25, 0.3) is 0 Å². The van der Waals surface area contributed by atoms with Gasteiger partial charge < -0.3 is 5.73 Å². The summed E-state index contributed by atoms with van der Waals surface area (Å²) in [4.78, 5) is 0. The summed E-state index contributed by atoms with van der Waals surface area (Å²) in [6, 6.07) is 6.61. The highest BCUT2D eigenvalue weighted by molar-refractivity contribution is 9.10. The molecule has 2 rings (SSSR count). The summed E-state index contributed by atoms with van der Waals surface area (Å²) in [7, 11) is 0. The lowest BCUT2D eigenvalue weighted by Gasteiger charge is -2.34. The average Bonchev–Trinajstić information content (AvgIpc) is 2.15.